The summed E-state index contributed by atoms with van der Waals surface area (Å²) in [5.41, 5.74) is 2.19. The number of hydrogen-bond acceptors (Lipinski definition) is 7. The van der Waals surface area contributed by atoms with E-state index in [1.54, 1.807) is 0 Å². The Kier molecular flexibility index (Phi) is 14.7. The first kappa shape index (κ1) is 38.0. The van der Waals surface area contributed by atoms with E-state index in [1.807, 2.05) is 45.0 Å². The molecule has 5 N–H and O–H groups in total. The van der Waals surface area contributed by atoms with E-state index >= 15 is 0 Å². The first-order valence-corrected chi connectivity index (χ1v) is 18.0. The minimum atomic E-state index is -3.86. The van der Waals surface area contributed by atoms with Gasteiger partial charge in [0.25, 0.3) is 0 Å². The van der Waals surface area contributed by atoms with Crippen molar-refractivity contribution in [3.8, 4) is 0 Å². The monoisotopic (exact) mass is 678 g/mol. The topological polar surface area (TPSA) is 154 Å². The van der Waals surface area contributed by atoms with E-state index in [2.05, 4.69) is 21.3 Å². The van der Waals surface area contributed by atoms with E-state index in [9.17, 15) is 36.7 Å². The molecule has 1 aliphatic heterocycles. The summed E-state index contributed by atoms with van der Waals surface area (Å²) in [5, 5.41) is 21.5. The Hall–Kier alpha value is -3.42. The van der Waals surface area contributed by atoms with E-state index in [1.165, 1.54) is 0 Å². The van der Waals surface area contributed by atoms with Crippen LogP contribution in [0.3, 0.4) is 0 Å². The van der Waals surface area contributed by atoms with Gasteiger partial charge < -0.3 is 26.4 Å². The number of carbonyl (C=O) groups excluding carboxylic acids is 3. The summed E-state index contributed by atoms with van der Waals surface area (Å²) in [6.07, 6.45) is 0.644. The molecule has 1 aliphatic rings. The second-order valence-corrected chi connectivity index (χ2v) is 14.8. The van der Waals surface area contributed by atoms with Gasteiger partial charge in [-0.25, -0.2) is 17.2 Å². The number of halogens is 2. The highest BCUT2D eigenvalue weighted by atomic mass is 32.2. The third-order valence-electron chi connectivity index (χ3n) is 8.25. The predicted octanol–water partition coefficient (Wildman–Crippen LogP) is 2.85. The fourth-order valence-electron chi connectivity index (χ4n) is 5.90. The molecule has 47 heavy (non-hydrogen) atoms. The molecule has 3 amide bonds. The van der Waals surface area contributed by atoms with E-state index < -0.39 is 62.5 Å². The Bertz CT molecular complexity index is 1450. The average molecular weight is 679 g/mol. The van der Waals surface area contributed by atoms with Crippen molar-refractivity contribution in [3.05, 3.63) is 70.8 Å². The molecule has 13 heteroatoms. The van der Waals surface area contributed by atoms with Gasteiger partial charge >= 0.3 is 0 Å². The molecule has 260 valence electrons. The van der Waals surface area contributed by atoms with Crippen LogP contribution in [0, 0.1) is 24.5 Å². The maximum Gasteiger partial charge on any atom is 0.243 e. The van der Waals surface area contributed by atoms with Crippen molar-refractivity contribution in [1.82, 2.24) is 21.3 Å². The predicted molar refractivity (Wildman–Crippen MR) is 176 cm³/mol. The summed E-state index contributed by atoms with van der Waals surface area (Å²) < 4.78 is 55.2. The molecule has 0 aliphatic carbocycles. The molecule has 0 radical (unpaired) electrons. The fraction of sp³-hybridized carbons (Fsp3) is 0.559. The number of aliphatic hydroxyl groups is 1. The summed E-state index contributed by atoms with van der Waals surface area (Å²) in [5.74, 6) is -4.25. The van der Waals surface area contributed by atoms with E-state index in [4.69, 9.17) is 0 Å². The van der Waals surface area contributed by atoms with Crippen LogP contribution in [0.2, 0.25) is 0 Å². The first-order chi connectivity index (χ1) is 22.3. The van der Waals surface area contributed by atoms with Crippen molar-refractivity contribution in [1.29, 1.82) is 0 Å². The maximum absolute atomic E-state index is 14.1. The lowest BCUT2D eigenvalue weighted by Gasteiger charge is -2.28. The van der Waals surface area contributed by atoms with Gasteiger partial charge in [-0.1, -0.05) is 56.5 Å². The molecule has 0 bridgehead atoms. The molecule has 0 aromatic heterocycles. The first-order valence-electron chi connectivity index (χ1n) is 16.3. The fourth-order valence-corrected chi connectivity index (χ4v) is 8.06. The van der Waals surface area contributed by atoms with Gasteiger partial charge in [-0.15, -0.1) is 0 Å². The maximum atomic E-state index is 14.1. The zero-order valence-corrected chi connectivity index (χ0v) is 28.2. The van der Waals surface area contributed by atoms with Crippen LogP contribution in [-0.4, -0.2) is 73.5 Å². The number of benzene rings is 2. The average Bonchev–Trinajstić information content (AvgIpc) is 3.39. The number of nitrogens with one attached hydrogen (secondary N) is 4. The molecular formula is C34H48F2N4O6S. The van der Waals surface area contributed by atoms with Gasteiger partial charge in [0, 0.05) is 38.5 Å². The minimum absolute atomic E-state index is 0.0101. The van der Waals surface area contributed by atoms with Gasteiger partial charge in [0.1, 0.15) is 17.7 Å². The highest BCUT2D eigenvalue weighted by Gasteiger charge is 2.35. The largest absolute Gasteiger partial charge is 0.390 e. The third-order valence-corrected chi connectivity index (χ3v) is 10.5. The normalized spacial score (nSPS) is 16.8. The van der Waals surface area contributed by atoms with Crippen LogP contribution in [0.1, 0.15) is 69.1 Å². The number of carbonyl (C=O) groups is 3. The summed E-state index contributed by atoms with van der Waals surface area (Å²) in [6.45, 7) is 6.38. The molecule has 1 saturated heterocycles. The zero-order chi connectivity index (χ0) is 34.6. The minimum Gasteiger partial charge on any atom is -0.390 e. The number of aryl methyl sites for hydroxylation is 1. The van der Waals surface area contributed by atoms with E-state index in [0.29, 0.717) is 44.8 Å². The van der Waals surface area contributed by atoms with Crippen molar-refractivity contribution >= 4 is 27.6 Å². The van der Waals surface area contributed by atoms with Gasteiger partial charge in [-0.2, -0.15) is 0 Å². The standard InChI is InChI=1S/C34H48F2N4O6S/c1-4-7-28(8-5-2)47(45,46)21-30(39-33(43)16-25-15-32(42)38-19-25)34(44)40-29(14-24-12-26(35)17-27(36)13-24)31(41)20-37-18-23-10-6-9-22(3)11-23/h6,9-13,17,25,28-31,37,41H,4-5,7-8,14-16,18-21H2,1-3H3,(H,38,42)(H,39,43)(H,40,44)/t25-,29+,30+,31-/m1/s1. The molecule has 0 spiro atoms. The van der Waals surface area contributed by atoms with Crippen LogP contribution in [0.25, 0.3) is 0 Å². The lowest BCUT2D eigenvalue weighted by Crippen LogP contribution is -2.57. The Morgan fingerprint density at radius 1 is 1.02 bits per heavy atom. The number of amides is 3. The number of aliphatic hydroxyl groups excluding tert-OH is 1. The second-order valence-electron chi connectivity index (χ2n) is 12.5. The SMILES string of the molecule is CCCC(CCC)S(=O)(=O)C[C@H](NC(=O)C[C@@H]1CNC(=O)C1)C(=O)N[C@@H](Cc1cc(F)cc(F)c1)[C@H](O)CNCc1cccc(C)c1. The Labute approximate surface area is 276 Å². The van der Waals surface area contributed by atoms with Gasteiger partial charge in [0.2, 0.25) is 17.7 Å². The molecule has 0 saturated carbocycles. The van der Waals surface area contributed by atoms with Crippen molar-refractivity contribution in [2.45, 2.75) is 95.7 Å². The lowest BCUT2D eigenvalue weighted by molar-refractivity contribution is -0.129. The van der Waals surface area contributed by atoms with Gasteiger partial charge in [-0.05, 0) is 55.4 Å². The summed E-state index contributed by atoms with van der Waals surface area (Å²) in [6, 6.07) is 8.03. The number of rotatable bonds is 19. The highest BCUT2D eigenvalue weighted by molar-refractivity contribution is 7.92. The second kappa shape index (κ2) is 18.2. The smallest absolute Gasteiger partial charge is 0.243 e. The molecule has 10 nitrogen and oxygen atoms in total. The van der Waals surface area contributed by atoms with Crippen LogP contribution in [0.5, 0.6) is 0 Å². The van der Waals surface area contributed by atoms with Gasteiger partial charge in [0.05, 0.1) is 23.1 Å². The zero-order valence-electron chi connectivity index (χ0n) is 27.4. The van der Waals surface area contributed by atoms with Crippen molar-refractivity contribution in [2.75, 3.05) is 18.8 Å². The van der Waals surface area contributed by atoms with Gasteiger partial charge in [-0.3, -0.25) is 14.4 Å². The number of hydrogen-bond donors (Lipinski definition) is 5. The van der Waals surface area contributed by atoms with Crippen LogP contribution in [0.15, 0.2) is 42.5 Å². The number of sulfone groups is 1. The summed E-state index contributed by atoms with van der Waals surface area (Å²) in [4.78, 5) is 38.5. The quantitative estimate of drug-likeness (QED) is 0.153. The molecule has 4 atom stereocenters. The summed E-state index contributed by atoms with van der Waals surface area (Å²) in [7, 11) is -3.86. The molecule has 1 fully saturated rings. The van der Waals surface area contributed by atoms with Crippen molar-refractivity contribution in [2.24, 2.45) is 5.92 Å². The van der Waals surface area contributed by atoms with E-state index in [0.717, 1.165) is 23.3 Å². The van der Waals surface area contributed by atoms with Crippen LogP contribution >= 0.6 is 0 Å². The lowest BCUT2D eigenvalue weighted by atomic mass is 10.00. The summed E-state index contributed by atoms with van der Waals surface area (Å²) >= 11 is 0. The van der Waals surface area contributed by atoms with Crippen LogP contribution in [0.4, 0.5) is 8.78 Å². The molecular weight excluding hydrogens is 630 g/mol. The Morgan fingerprint density at radius 3 is 2.30 bits per heavy atom. The van der Waals surface area contributed by atoms with E-state index in [-0.39, 0.29) is 43.2 Å². The van der Waals surface area contributed by atoms with Crippen molar-refractivity contribution < 1.29 is 36.7 Å². The van der Waals surface area contributed by atoms with Gasteiger partial charge in [0.15, 0.2) is 9.84 Å². The van der Waals surface area contributed by atoms with Crippen LogP contribution in [-0.2, 0) is 37.2 Å². The Balaban J connectivity index is 1.84. The Morgan fingerprint density at radius 2 is 1.70 bits per heavy atom. The molecule has 3 rings (SSSR count). The highest BCUT2D eigenvalue weighted by Crippen LogP contribution is 2.19. The molecule has 0 unspecified atom stereocenters. The molecule has 2 aromatic carbocycles. The van der Waals surface area contributed by atoms with Crippen molar-refractivity contribution in [3.63, 3.8) is 0 Å². The van der Waals surface area contributed by atoms with Crippen LogP contribution < -0.4 is 21.3 Å². The molecule has 2 aromatic rings. The molecule has 1 heterocycles. The third kappa shape index (κ3) is 12.6.